The summed E-state index contributed by atoms with van der Waals surface area (Å²) >= 11 is 0. The Morgan fingerprint density at radius 1 is 0.237 bits per heavy atom. The molecule has 0 aliphatic heterocycles. The fraction of sp³-hybridized carbons (Fsp3) is 0. The molecule has 0 N–H and O–H groups in total. The first kappa shape index (κ1) is 44.4. The highest BCUT2D eigenvalue weighted by Crippen LogP contribution is 2.39. The molecule has 0 amide bonds. The SMILES string of the molecule is c1ccc(-c2nc(-c3cccc(-c4cccc(-c5ccc(-c6cc7ccncc7c7ncccc67)cc5)c4)c3)cc(-c3cccc(-c4cccc(-c5ccc(-c6cc7cccnc7c7ncccc67)cc5)c4)c3)n2)cc1. The summed E-state index contributed by atoms with van der Waals surface area (Å²) < 4.78 is 0. The van der Waals surface area contributed by atoms with E-state index in [2.05, 4.69) is 210 Å². The van der Waals surface area contributed by atoms with Crippen LogP contribution in [0.3, 0.4) is 0 Å². The lowest BCUT2D eigenvalue weighted by Gasteiger charge is -2.13. The fourth-order valence-corrected chi connectivity index (χ4v) is 10.7. The number of hydrogen-bond donors (Lipinski definition) is 0. The highest BCUT2D eigenvalue weighted by Gasteiger charge is 2.16. The van der Waals surface area contributed by atoms with E-state index in [1.807, 2.05) is 67.4 Å². The van der Waals surface area contributed by atoms with Crippen LogP contribution in [-0.2, 0) is 0 Å². The molecule has 0 radical (unpaired) electrons. The largest absolute Gasteiger partial charge is 0.264 e. The zero-order valence-electron chi connectivity index (χ0n) is 41.1. The van der Waals surface area contributed by atoms with E-state index in [1.54, 1.807) is 0 Å². The lowest BCUT2D eigenvalue weighted by Crippen LogP contribution is -1.96. The van der Waals surface area contributed by atoms with Gasteiger partial charge >= 0.3 is 0 Å². The summed E-state index contributed by atoms with van der Waals surface area (Å²) in [5.74, 6) is 0.675. The summed E-state index contributed by atoms with van der Waals surface area (Å²) in [7, 11) is 0. The molecule has 14 rings (SSSR count). The second-order valence-electron chi connectivity index (χ2n) is 19.1. The smallest absolute Gasteiger partial charge is 0.160 e. The molecule has 354 valence electrons. The molecule has 5 heterocycles. The molecule has 76 heavy (non-hydrogen) atoms. The lowest BCUT2D eigenvalue weighted by molar-refractivity contribution is 1.18. The normalized spacial score (nSPS) is 11.4. The molecule has 0 fully saturated rings. The van der Waals surface area contributed by atoms with Gasteiger partial charge in [0.1, 0.15) is 0 Å². The van der Waals surface area contributed by atoms with Crippen LogP contribution < -0.4 is 0 Å². The van der Waals surface area contributed by atoms with Crippen molar-refractivity contribution in [2.45, 2.75) is 0 Å². The maximum Gasteiger partial charge on any atom is 0.160 e. The molecule has 0 bridgehead atoms. The number of rotatable bonds is 9. The Bertz CT molecular complexity index is 4250. The van der Waals surface area contributed by atoms with Gasteiger partial charge in [0.2, 0.25) is 0 Å². The van der Waals surface area contributed by atoms with E-state index in [-0.39, 0.29) is 0 Å². The predicted octanol–water partition coefficient (Wildman–Crippen LogP) is 17.7. The van der Waals surface area contributed by atoms with Gasteiger partial charge in [0, 0.05) is 69.2 Å². The monoisotopic (exact) mass is 968 g/mol. The van der Waals surface area contributed by atoms with Gasteiger partial charge in [0.05, 0.1) is 27.9 Å². The van der Waals surface area contributed by atoms with Crippen molar-refractivity contribution in [3.8, 4) is 101 Å². The van der Waals surface area contributed by atoms with Gasteiger partial charge in [-0.1, -0.05) is 170 Å². The Hall–Kier alpha value is -10.3. The minimum absolute atomic E-state index is 0.675. The highest BCUT2D eigenvalue weighted by atomic mass is 14.9. The number of hydrogen-bond acceptors (Lipinski definition) is 6. The van der Waals surface area contributed by atoms with E-state index in [9.17, 15) is 0 Å². The Balaban J connectivity index is 0.765. The van der Waals surface area contributed by atoms with Crippen LogP contribution in [0, 0.1) is 0 Å². The number of fused-ring (bicyclic) bond motifs is 6. The maximum absolute atomic E-state index is 5.22. The molecule has 0 unspecified atom stereocenters. The van der Waals surface area contributed by atoms with E-state index < -0.39 is 0 Å². The number of aromatic nitrogens is 6. The van der Waals surface area contributed by atoms with Crippen LogP contribution >= 0.6 is 0 Å². The van der Waals surface area contributed by atoms with E-state index >= 15 is 0 Å². The van der Waals surface area contributed by atoms with Crippen LogP contribution in [0.5, 0.6) is 0 Å². The number of pyridine rings is 4. The maximum atomic E-state index is 5.22. The molecule has 0 saturated carbocycles. The summed E-state index contributed by atoms with van der Waals surface area (Å²) in [5.41, 5.74) is 21.1. The van der Waals surface area contributed by atoms with E-state index in [0.717, 1.165) is 138 Å². The molecule has 14 aromatic rings. The van der Waals surface area contributed by atoms with E-state index in [4.69, 9.17) is 19.9 Å². The molecule has 6 nitrogen and oxygen atoms in total. The molecule has 0 aliphatic rings. The molecular formula is C70H44N6. The molecule has 5 aromatic heterocycles. The molecule has 6 heteroatoms. The van der Waals surface area contributed by atoms with Crippen LogP contribution in [-0.4, -0.2) is 29.9 Å². The van der Waals surface area contributed by atoms with Gasteiger partial charge in [-0.05, 0) is 139 Å². The van der Waals surface area contributed by atoms with Crippen LogP contribution in [0.15, 0.2) is 268 Å². The molecule has 0 aliphatic carbocycles. The Kier molecular flexibility index (Phi) is 11.1. The van der Waals surface area contributed by atoms with Gasteiger partial charge in [-0.15, -0.1) is 0 Å². The lowest BCUT2D eigenvalue weighted by atomic mass is 9.94. The van der Waals surface area contributed by atoms with Gasteiger partial charge in [0.15, 0.2) is 5.82 Å². The molecule has 0 atom stereocenters. The fourth-order valence-electron chi connectivity index (χ4n) is 10.7. The van der Waals surface area contributed by atoms with Crippen molar-refractivity contribution in [1.29, 1.82) is 0 Å². The second kappa shape index (κ2) is 19.0. The average Bonchev–Trinajstić information content (AvgIpc) is 3.51. The minimum atomic E-state index is 0.675. The third-order valence-corrected chi connectivity index (χ3v) is 14.5. The van der Waals surface area contributed by atoms with E-state index in [1.165, 1.54) is 0 Å². The third-order valence-electron chi connectivity index (χ3n) is 14.5. The summed E-state index contributed by atoms with van der Waals surface area (Å²) in [6, 6.07) is 83.9. The summed E-state index contributed by atoms with van der Waals surface area (Å²) in [6.45, 7) is 0. The average molecular weight is 969 g/mol. The van der Waals surface area contributed by atoms with Crippen LogP contribution in [0.25, 0.3) is 144 Å². The van der Waals surface area contributed by atoms with Crippen LogP contribution in [0.1, 0.15) is 0 Å². The van der Waals surface area contributed by atoms with Crippen molar-refractivity contribution in [3.05, 3.63) is 268 Å². The minimum Gasteiger partial charge on any atom is -0.264 e. The zero-order chi connectivity index (χ0) is 50.4. The van der Waals surface area contributed by atoms with E-state index in [0.29, 0.717) is 5.82 Å². The van der Waals surface area contributed by atoms with Gasteiger partial charge < -0.3 is 0 Å². The van der Waals surface area contributed by atoms with Gasteiger partial charge in [-0.3, -0.25) is 19.9 Å². The first-order valence-corrected chi connectivity index (χ1v) is 25.5. The van der Waals surface area contributed by atoms with Gasteiger partial charge in [-0.2, -0.15) is 0 Å². The van der Waals surface area contributed by atoms with Gasteiger partial charge in [-0.25, -0.2) is 9.97 Å². The van der Waals surface area contributed by atoms with Crippen molar-refractivity contribution < 1.29 is 0 Å². The number of benzene rings is 9. The van der Waals surface area contributed by atoms with Crippen molar-refractivity contribution in [1.82, 2.24) is 29.9 Å². The van der Waals surface area contributed by atoms with Crippen molar-refractivity contribution in [2.24, 2.45) is 0 Å². The van der Waals surface area contributed by atoms with Crippen molar-refractivity contribution in [2.75, 3.05) is 0 Å². The molecule has 9 aromatic carbocycles. The molecular weight excluding hydrogens is 925 g/mol. The van der Waals surface area contributed by atoms with Crippen molar-refractivity contribution in [3.63, 3.8) is 0 Å². The predicted molar refractivity (Wildman–Crippen MR) is 312 cm³/mol. The molecule has 0 spiro atoms. The van der Waals surface area contributed by atoms with Crippen LogP contribution in [0.4, 0.5) is 0 Å². The highest BCUT2D eigenvalue weighted by molar-refractivity contribution is 6.12. The standard InChI is InChI=1S/C70H44N6/c1-2-11-49(12-3-1)70-75-65(57-19-6-17-54(39-57)52-15-4-13-50(37-52)45-24-28-47(29-25-45)62-41-56-32-36-71-44-64(56)68-60(62)22-9-34-73-68)43-66(76-70)58-20-7-18-55(40-58)53-16-5-14-51(38-53)46-26-30-48(31-27-46)63-42-59-21-8-33-72-67(59)69-61(63)23-10-35-74-69/h1-44H. The second-order valence-corrected chi connectivity index (χ2v) is 19.1. The van der Waals surface area contributed by atoms with Crippen molar-refractivity contribution >= 4 is 43.5 Å². The van der Waals surface area contributed by atoms with Crippen LogP contribution in [0.2, 0.25) is 0 Å². The topological polar surface area (TPSA) is 77.3 Å². The summed E-state index contributed by atoms with van der Waals surface area (Å²) in [4.78, 5) is 29.0. The quantitative estimate of drug-likeness (QED) is 0.134. The Morgan fingerprint density at radius 2 is 0.671 bits per heavy atom. The zero-order valence-corrected chi connectivity index (χ0v) is 41.1. The Labute approximate surface area is 439 Å². The summed E-state index contributed by atoms with van der Waals surface area (Å²) in [6.07, 6.45) is 9.27. The third kappa shape index (κ3) is 8.30. The first-order valence-electron chi connectivity index (χ1n) is 25.5. The van der Waals surface area contributed by atoms with Gasteiger partial charge in [0.25, 0.3) is 0 Å². The molecule has 0 saturated heterocycles. The Morgan fingerprint density at radius 3 is 1.24 bits per heavy atom. The first-order chi connectivity index (χ1) is 37.6. The number of nitrogens with zero attached hydrogens (tertiary/aromatic N) is 6. The summed E-state index contributed by atoms with van der Waals surface area (Å²) in [5, 5.41) is 5.46.